The standard InChI is InChI=1S/C15H24N2O/c1-12(16)14-7-3-4-8-15(14)18-13-6-5-10-17(2)11-9-13/h3-4,7-8,12-13H,5-6,9-11,16H2,1-2H3. The van der Waals surface area contributed by atoms with Gasteiger partial charge >= 0.3 is 0 Å². The molecule has 2 N–H and O–H groups in total. The first-order chi connectivity index (χ1) is 8.66. The predicted molar refractivity (Wildman–Crippen MR) is 74.8 cm³/mol. The Labute approximate surface area is 110 Å². The van der Waals surface area contributed by atoms with E-state index in [9.17, 15) is 0 Å². The first kappa shape index (κ1) is 13.4. The number of rotatable bonds is 3. The van der Waals surface area contributed by atoms with Crippen molar-refractivity contribution in [2.24, 2.45) is 5.73 Å². The predicted octanol–water partition coefficient (Wildman–Crippen LogP) is 2.57. The smallest absolute Gasteiger partial charge is 0.124 e. The molecular weight excluding hydrogens is 224 g/mol. The average Bonchev–Trinajstić information content (AvgIpc) is 2.55. The minimum absolute atomic E-state index is 0.0228. The van der Waals surface area contributed by atoms with E-state index in [4.69, 9.17) is 10.5 Å². The second-order valence-corrected chi connectivity index (χ2v) is 5.30. The van der Waals surface area contributed by atoms with Crippen LogP contribution in [0.5, 0.6) is 5.75 Å². The Kier molecular flexibility index (Phi) is 4.61. The maximum atomic E-state index is 6.17. The van der Waals surface area contributed by atoms with Crippen molar-refractivity contribution >= 4 is 0 Å². The highest BCUT2D eigenvalue weighted by Crippen LogP contribution is 2.26. The Morgan fingerprint density at radius 3 is 2.83 bits per heavy atom. The molecule has 0 spiro atoms. The van der Waals surface area contributed by atoms with Crippen LogP contribution < -0.4 is 10.5 Å². The van der Waals surface area contributed by atoms with Crippen molar-refractivity contribution in [3.8, 4) is 5.75 Å². The minimum atomic E-state index is 0.0228. The molecule has 2 unspecified atom stereocenters. The average molecular weight is 248 g/mol. The Morgan fingerprint density at radius 2 is 2.06 bits per heavy atom. The molecule has 2 rings (SSSR count). The number of hydrogen-bond donors (Lipinski definition) is 1. The van der Waals surface area contributed by atoms with Gasteiger partial charge < -0.3 is 15.4 Å². The van der Waals surface area contributed by atoms with Crippen LogP contribution in [0, 0.1) is 0 Å². The van der Waals surface area contributed by atoms with Gasteiger partial charge in [0.2, 0.25) is 0 Å². The fraction of sp³-hybridized carbons (Fsp3) is 0.600. The van der Waals surface area contributed by atoms with E-state index >= 15 is 0 Å². The van der Waals surface area contributed by atoms with Gasteiger partial charge in [0.25, 0.3) is 0 Å². The Bertz CT molecular complexity index is 379. The zero-order valence-corrected chi connectivity index (χ0v) is 11.4. The van der Waals surface area contributed by atoms with E-state index in [0.717, 1.165) is 30.7 Å². The van der Waals surface area contributed by atoms with Gasteiger partial charge in [-0.1, -0.05) is 18.2 Å². The summed E-state index contributed by atoms with van der Waals surface area (Å²) in [5.74, 6) is 0.960. The number of benzene rings is 1. The molecule has 1 aromatic rings. The lowest BCUT2D eigenvalue weighted by Gasteiger charge is -2.20. The fourth-order valence-corrected chi connectivity index (χ4v) is 2.47. The third kappa shape index (κ3) is 3.47. The summed E-state index contributed by atoms with van der Waals surface area (Å²) in [6.45, 7) is 4.29. The van der Waals surface area contributed by atoms with Crippen LogP contribution in [0.2, 0.25) is 0 Å². The summed E-state index contributed by atoms with van der Waals surface area (Å²) in [4.78, 5) is 2.38. The monoisotopic (exact) mass is 248 g/mol. The Morgan fingerprint density at radius 1 is 1.28 bits per heavy atom. The third-order valence-electron chi connectivity index (χ3n) is 3.60. The second-order valence-electron chi connectivity index (χ2n) is 5.30. The molecule has 1 aliphatic rings. The first-order valence-corrected chi connectivity index (χ1v) is 6.86. The summed E-state index contributed by atoms with van der Waals surface area (Å²) in [6.07, 6.45) is 3.78. The van der Waals surface area contributed by atoms with E-state index in [1.807, 2.05) is 25.1 Å². The van der Waals surface area contributed by atoms with Crippen LogP contribution in [-0.2, 0) is 0 Å². The molecule has 0 bridgehead atoms. The number of likely N-dealkylation sites (tertiary alicyclic amines) is 1. The van der Waals surface area contributed by atoms with E-state index in [-0.39, 0.29) is 6.04 Å². The van der Waals surface area contributed by atoms with E-state index in [0.29, 0.717) is 6.10 Å². The Hall–Kier alpha value is -1.06. The van der Waals surface area contributed by atoms with Crippen molar-refractivity contribution in [2.45, 2.75) is 38.3 Å². The minimum Gasteiger partial charge on any atom is -0.490 e. The third-order valence-corrected chi connectivity index (χ3v) is 3.60. The lowest BCUT2D eigenvalue weighted by molar-refractivity contribution is 0.181. The molecule has 0 aliphatic carbocycles. The van der Waals surface area contributed by atoms with Crippen molar-refractivity contribution in [1.29, 1.82) is 0 Å². The zero-order chi connectivity index (χ0) is 13.0. The molecule has 3 nitrogen and oxygen atoms in total. The summed E-state index contributed by atoms with van der Waals surface area (Å²) < 4.78 is 6.17. The van der Waals surface area contributed by atoms with E-state index < -0.39 is 0 Å². The van der Waals surface area contributed by atoms with Gasteiger partial charge in [-0.05, 0) is 45.8 Å². The molecule has 18 heavy (non-hydrogen) atoms. The van der Waals surface area contributed by atoms with Crippen molar-refractivity contribution in [3.63, 3.8) is 0 Å². The molecule has 100 valence electrons. The van der Waals surface area contributed by atoms with Crippen LogP contribution in [0.4, 0.5) is 0 Å². The molecule has 1 saturated heterocycles. The SMILES string of the molecule is CC(N)c1ccccc1OC1CCCN(C)CC1. The van der Waals surface area contributed by atoms with Crippen molar-refractivity contribution < 1.29 is 4.74 Å². The number of hydrogen-bond acceptors (Lipinski definition) is 3. The molecule has 1 aromatic carbocycles. The van der Waals surface area contributed by atoms with Crippen LogP contribution in [0.1, 0.15) is 37.8 Å². The normalized spacial score (nSPS) is 23.4. The van der Waals surface area contributed by atoms with E-state index in [1.165, 1.54) is 13.0 Å². The molecule has 2 atom stereocenters. The van der Waals surface area contributed by atoms with Gasteiger partial charge in [0.1, 0.15) is 5.75 Å². The largest absolute Gasteiger partial charge is 0.490 e. The van der Waals surface area contributed by atoms with Crippen molar-refractivity contribution in [3.05, 3.63) is 29.8 Å². The van der Waals surface area contributed by atoms with Gasteiger partial charge in [0.15, 0.2) is 0 Å². The van der Waals surface area contributed by atoms with Crippen LogP contribution in [0.3, 0.4) is 0 Å². The quantitative estimate of drug-likeness (QED) is 0.893. The van der Waals surface area contributed by atoms with Gasteiger partial charge in [-0.3, -0.25) is 0 Å². The Balaban J connectivity index is 2.04. The molecule has 0 radical (unpaired) electrons. The van der Waals surface area contributed by atoms with Crippen LogP contribution >= 0.6 is 0 Å². The van der Waals surface area contributed by atoms with Gasteiger partial charge in [-0.2, -0.15) is 0 Å². The lowest BCUT2D eigenvalue weighted by Crippen LogP contribution is -2.22. The van der Waals surface area contributed by atoms with Gasteiger partial charge in [-0.15, -0.1) is 0 Å². The molecule has 0 amide bonds. The summed E-state index contributed by atoms with van der Waals surface area (Å²) in [5.41, 5.74) is 7.09. The number of para-hydroxylation sites is 1. The fourth-order valence-electron chi connectivity index (χ4n) is 2.47. The number of nitrogens with two attached hydrogens (primary N) is 1. The molecule has 3 heteroatoms. The molecule has 1 fully saturated rings. The van der Waals surface area contributed by atoms with Gasteiger partial charge in [-0.25, -0.2) is 0 Å². The zero-order valence-electron chi connectivity index (χ0n) is 11.4. The number of ether oxygens (including phenoxy) is 1. The van der Waals surface area contributed by atoms with Gasteiger partial charge in [0.05, 0.1) is 6.10 Å². The maximum Gasteiger partial charge on any atom is 0.124 e. The number of nitrogens with zero attached hydrogens (tertiary/aromatic N) is 1. The van der Waals surface area contributed by atoms with Crippen LogP contribution in [0.15, 0.2) is 24.3 Å². The topological polar surface area (TPSA) is 38.5 Å². The highest BCUT2D eigenvalue weighted by atomic mass is 16.5. The van der Waals surface area contributed by atoms with Crippen molar-refractivity contribution in [2.75, 3.05) is 20.1 Å². The van der Waals surface area contributed by atoms with Gasteiger partial charge in [0, 0.05) is 18.2 Å². The summed E-state index contributed by atoms with van der Waals surface area (Å²) in [7, 11) is 2.18. The molecule has 0 aromatic heterocycles. The molecule has 1 heterocycles. The molecule has 1 aliphatic heterocycles. The van der Waals surface area contributed by atoms with E-state index in [2.05, 4.69) is 18.0 Å². The molecular formula is C15H24N2O. The lowest BCUT2D eigenvalue weighted by atomic mass is 10.1. The maximum absolute atomic E-state index is 6.17. The first-order valence-electron chi connectivity index (χ1n) is 6.86. The van der Waals surface area contributed by atoms with Crippen LogP contribution in [0.25, 0.3) is 0 Å². The summed E-state index contributed by atoms with van der Waals surface area (Å²) in [5, 5.41) is 0. The van der Waals surface area contributed by atoms with E-state index in [1.54, 1.807) is 0 Å². The van der Waals surface area contributed by atoms with Crippen LogP contribution in [-0.4, -0.2) is 31.1 Å². The summed E-state index contributed by atoms with van der Waals surface area (Å²) >= 11 is 0. The second kappa shape index (κ2) is 6.21. The highest BCUT2D eigenvalue weighted by molar-refractivity contribution is 5.35. The van der Waals surface area contributed by atoms with Crippen molar-refractivity contribution in [1.82, 2.24) is 4.90 Å². The molecule has 0 saturated carbocycles. The summed E-state index contributed by atoms with van der Waals surface area (Å²) in [6, 6.07) is 8.15. The highest BCUT2D eigenvalue weighted by Gasteiger charge is 2.18.